The highest BCUT2D eigenvalue weighted by Crippen LogP contribution is 2.28. The van der Waals surface area contributed by atoms with Gasteiger partial charge in [0.25, 0.3) is 5.91 Å². The van der Waals surface area contributed by atoms with Crippen LogP contribution >= 0.6 is 0 Å². The fourth-order valence-electron chi connectivity index (χ4n) is 2.77. The summed E-state index contributed by atoms with van der Waals surface area (Å²) < 4.78 is 0. The van der Waals surface area contributed by atoms with Gasteiger partial charge >= 0.3 is 0 Å². The number of aromatic hydroxyl groups is 1. The van der Waals surface area contributed by atoms with Crippen LogP contribution in [-0.4, -0.2) is 11.0 Å². The van der Waals surface area contributed by atoms with Crippen LogP contribution in [0.25, 0.3) is 0 Å². The molecule has 114 valence electrons. The van der Waals surface area contributed by atoms with Gasteiger partial charge in [-0.15, -0.1) is 0 Å². The quantitative estimate of drug-likeness (QED) is 0.852. The Morgan fingerprint density at radius 3 is 2.50 bits per heavy atom. The standard InChI is InChI=1S/C18H19NO3/c20-17-11-15-9-5-4-8-14(15)10-16(17)18(21)19-22-12-13-6-2-1-3-7-13/h1-3,6-7,10-11,20H,4-5,8-9,12H2,(H,19,21). The Balaban J connectivity index is 1.65. The number of phenolic OH excluding ortho intramolecular Hbond substituents is 1. The molecule has 2 aromatic carbocycles. The highest BCUT2D eigenvalue weighted by molar-refractivity contribution is 5.96. The molecule has 4 heteroatoms. The minimum Gasteiger partial charge on any atom is -0.507 e. The van der Waals surface area contributed by atoms with Crippen molar-refractivity contribution in [1.82, 2.24) is 5.48 Å². The highest BCUT2D eigenvalue weighted by Gasteiger charge is 2.17. The molecule has 1 aliphatic carbocycles. The first-order valence-corrected chi connectivity index (χ1v) is 7.55. The van der Waals surface area contributed by atoms with E-state index in [1.54, 1.807) is 12.1 Å². The zero-order chi connectivity index (χ0) is 15.4. The molecule has 3 rings (SSSR count). The maximum atomic E-state index is 12.1. The molecule has 2 N–H and O–H groups in total. The molecule has 0 bridgehead atoms. The van der Waals surface area contributed by atoms with Crippen LogP contribution in [-0.2, 0) is 24.3 Å². The Kier molecular flexibility index (Phi) is 4.39. The predicted octanol–water partition coefficient (Wildman–Crippen LogP) is 3.13. The van der Waals surface area contributed by atoms with Gasteiger partial charge in [0.1, 0.15) is 5.75 Å². The Morgan fingerprint density at radius 2 is 1.77 bits per heavy atom. The average Bonchev–Trinajstić information content (AvgIpc) is 2.55. The molecule has 0 aliphatic heterocycles. The van der Waals surface area contributed by atoms with Crippen LogP contribution in [0.2, 0.25) is 0 Å². The van der Waals surface area contributed by atoms with Crippen molar-refractivity contribution in [2.24, 2.45) is 0 Å². The SMILES string of the molecule is O=C(NOCc1ccccc1)c1cc2c(cc1O)CCCC2. The maximum Gasteiger partial charge on any atom is 0.278 e. The Hall–Kier alpha value is -2.33. The zero-order valence-electron chi connectivity index (χ0n) is 12.3. The summed E-state index contributed by atoms with van der Waals surface area (Å²) >= 11 is 0. The number of carbonyl (C=O) groups is 1. The lowest BCUT2D eigenvalue weighted by atomic mass is 9.90. The van der Waals surface area contributed by atoms with Gasteiger partial charge in [0.15, 0.2) is 0 Å². The monoisotopic (exact) mass is 297 g/mol. The summed E-state index contributed by atoms with van der Waals surface area (Å²) in [6, 6.07) is 13.1. The third-order valence-electron chi connectivity index (χ3n) is 3.95. The summed E-state index contributed by atoms with van der Waals surface area (Å²) in [7, 11) is 0. The van der Waals surface area contributed by atoms with Crippen molar-refractivity contribution in [3.05, 3.63) is 64.7 Å². The zero-order valence-corrected chi connectivity index (χ0v) is 12.3. The van der Waals surface area contributed by atoms with Crippen LogP contribution in [0.4, 0.5) is 0 Å². The van der Waals surface area contributed by atoms with Gasteiger partial charge in [-0.1, -0.05) is 30.3 Å². The van der Waals surface area contributed by atoms with E-state index in [1.165, 1.54) is 0 Å². The molecule has 0 aromatic heterocycles. The van der Waals surface area contributed by atoms with Crippen molar-refractivity contribution >= 4 is 5.91 Å². The topological polar surface area (TPSA) is 58.6 Å². The molecular weight excluding hydrogens is 278 g/mol. The largest absolute Gasteiger partial charge is 0.507 e. The van der Waals surface area contributed by atoms with E-state index in [0.717, 1.165) is 42.4 Å². The van der Waals surface area contributed by atoms with Gasteiger partial charge in [0, 0.05) is 0 Å². The number of aryl methyl sites for hydroxylation is 2. The van der Waals surface area contributed by atoms with E-state index in [9.17, 15) is 9.90 Å². The number of hydroxylamine groups is 1. The lowest BCUT2D eigenvalue weighted by Gasteiger charge is -2.17. The van der Waals surface area contributed by atoms with E-state index in [2.05, 4.69) is 5.48 Å². The molecule has 4 nitrogen and oxygen atoms in total. The molecule has 2 aromatic rings. The number of nitrogens with one attached hydrogen (secondary N) is 1. The van der Waals surface area contributed by atoms with E-state index < -0.39 is 5.91 Å². The molecule has 1 aliphatic rings. The number of carbonyl (C=O) groups excluding carboxylic acids is 1. The van der Waals surface area contributed by atoms with Crippen molar-refractivity contribution in [2.75, 3.05) is 0 Å². The lowest BCUT2D eigenvalue weighted by Crippen LogP contribution is -2.24. The molecule has 0 unspecified atom stereocenters. The highest BCUT2D eigenvalue weighted by atomic mass is 16.6. The number of benzene rings is 2. The van der Waals surface area contributed by atoms with Crippen molar-refractivity contribution in [1.29, 1.82) is 0 Å². The fourth-order valence-corrected chi connectivity index (χ4v) is 2.77. The van der Waals surface area contributed by atoms with Crippen LogP contribution in [0.3, 0.4) is 0 Å². The van der Waals surface area contributed by atoms with Crippen LogP contribution < -0.4 is 5.48 Å². The smallest absolute Gasteiger partial charge is 0.278 e. The molecule has 0 radical (unpaired) electrons. The van der Waals surface area contributed by atoms with Crippen molar-refractivity contribution in [3.63, 3.8) is 0 Å². The van der Waals surface area contributed by atoms with Crippen LogP contribution in [0, 0.1) is 0 Å². The minimum atomic E-state index is -0.415. The van der Waals surface area contributed by atoms with Crippen LogP contribution in [0.5, 0.6) is 5.75 Å². The van der Waals surface area contributed by atoms with Crippen molar-refractivity contribution in [2.45, 2.75) is 32.3 Å². The summed E-state index contributed by atoms with van der Waals surface area (Å²) in [5.74, 6) is -0.400. The second-order valence-corrected chi connectivity index (χ2v) is 5.55. The molecule has 0 fully saturated rings. The second kappa shape index (κ2) is 6.62. The number of phenols is 1. The summed E-state index contributed by atoms with van der Waals surface area (Å²) in [5.41, 5.74) is 5.93. The third-order valence-corrected chi connectivity index (χ3v) is 3.95. The fraction of sp³-hybridized carbons (Fsp3) is 0.278. The van der Waals surface area contributed by atoms with Gasteiger partial charge < -0.3 is 5.11 Å². The van der Waals surface area contributed by atoms with E-state index in [1.807, 2.05) is 30.3 Å². The number of rotatable bonds is 4. The van der Waals surface area contributed by atoms with E-state index in [-0.39, 0.29) is 17.9 Å². The molecular formula is C18H19NO3. The van der Waals surface area contributed by atoms with E-state index in [0.29, 0.717) is 0 Å². The number of amides is 1. The number of hydrogen-bond donors (Lipinski definition) is 2. The third kappa shape index (κ3) is 3.28. The van der Waals surface area contributed by atoms with Crippen molar-refractivity contribution in [3.8, 4) is 5.75 Å². The van der Waals surface area contributed by atoms with Crippen LogP contribution in [0.15, 0.2) is 42.5 Å². The molecule has 1 amide bonds. The van der Waals surface area contributed by atoms with Gasteiger partial charge in [-0.3, -0.25) is 9.63 Å². The molecule has 0 spiro atoms. The summed E-state index contributed by atoms with van der Waals surface area (Å²) in [6.07, 6.45) is 4.19. The average molecular weight is 297 g/mol. The Bertz CT molecular complexity index is 668. The summed E-state index contributed by atoms with van der Waals surface area (Å²) in [4.78, 5) is 17.4. The van der Waals surface area contributed by atoms with Gasteiger partial charge in [-0.2, -0.15) is 0 Å². The van der Waals surface area contributed by atoms with Gasteiger partial charge in [-0.25, -0.2) is 5.48 Å². The number of hydrogen-bond acceptors (Lipinski definition) is 3. The van der Waals surface area contributed by atoms with Crippen molar-refractivity contribution < 1.29 is 14.7 Å². The summed E-state index contributed by atoms with van der Waals surface area (Å²) in [5, 5.41) is 10.0. The second-order valence-electron chi connectivity index (χ2n) is 5.55. The molecule has 0 heterocycles. The molecule has 0 saturated heterocycles. The first-order chi connectivity index (χ1) is 10.7. The Morgan fingerprint density at radius 1 is 1.09 bits per heavy atom. The van der Waals surface area contributed by atoms with E-state index in [4.69, 9.17) is 4.84 Å². The summed E-state index contributed by atoms with van der Waals surface area (Å²) in [6.45, 7) is 0.290. The van der Waals surface area contributed by atoms with Gasteiger partial charge in [-0.05, 0) is 54.5 Å². The normalized spacial score (nSPS) is 13.5. The molecule has 0 saturated carbocycles. The predicted molar refractivity (Wildman–Crippen MR) is 83.4 cm³/mol. The Labute approximate surface area is 129 Å². The number of fused-ring (bicyclic) bond motifs is 1. The first kappa shape index (κ1) is 14.6. The molecule has 22 heavy (non-hydrogen) atoms. The van der Waals surface area contributed by atoms with Gasteiger partial charge in [0.05, 0.1) is 12.2 Å². The lowest BCUT2D eigenvalue weighted by molar-refractivity contribution is 0.0231. The van der Waals surface area contributed by atoms with Gasteiger partial charge in [0.2, 0.25) is 0 Å². The maximum absolute atomic E-state index is 12.1. The minimum absolute atomic E-state index is 0.0152. The van der Waals surface area contributed by atoms with E-state index >= 15 is 0 Å². The van der Waals surface area contributed by atoms with Crippen LogP contribution in [0.1, 0.15) is 39.9 Å². The molecule has 0 atom stereocenters. The first-order valence-electron chi connectivity index (χ1n) is 7.55.